The van der Waals surface area contributed by atoms with Crippen LogP contribution in [0, 0.1) is 0 Å². The summed E-state index contributed by atoms with van der Waals surface area (Å²) in [5, 5.41) is 5.64. The second kappa shape index (κ2) is 6.34. The van der Waals surface area contributed by atoms with Gasteiger partial charge in [0.25, 0.3) is 0 Å². The summed E-state index contributed by atoms with van der Waals surface area (Å²) in [6, 6.07) is 4.52. The maximum Gasteiger partial charge on any atom is 0.416 e. The predicted octanol–water partition coefficient (Wildman–Crippen LogP) is 2.92. The zero-order valence-electron chi connectivity index (χ0n) is 11.7. The van der Waals surface area contributed by atoms with Crippen LogP contribution in [-0.2, 0) is 6.18 Å². The molecule has 7 heteroatoms. The molecule has 116 valence electrons. The molecule has 0 radical (unpaired) electrons. The number of rotatable bonds is 2. The average molecular weight is 301 g/mol. The summed E-state index contributed by atoms with van der Waals surface area (Å²) < 4.78 is 37.9. The first-order valence-electron chi connectivity index (χ1n) is 6.80. The molecule has 1 aliphatic heterocycles. The first-order valence-corrected chi connectivity index (χ1v) is 6.80. The number of carbonyl (C=O) groups excluding carboxylic acids is 1. The number of carbonyl (C=O) groups is 1. The predicted molar refractivity (Wildman–Crippen MR) is 74.1 cm³/mol. The van der Waals surface area contributed by atoms with Gasteiger partial charge in [-0.1, -0.05) is 6.07 Å². The van der Waals surface area contributed by atoms with Crippen LogP contribution in [0.4, 0.5) is 23.7 Å². The van der Waals surface area contributed by atoms with Gasteiger partial charge in [-0.25, -0.2) is 4.79 Å². The van der Waals surface area contributed by atoms with Gasteiger partial charge in [-0.05, 0) is 38.1 Å². The molecule has 1 saturated heterocycles. The lowest BCUT2D eigenvalue weighted by molar-refractivity contribution is -0.137. The average Bonchev–Trinajstić information content (AvgIpc) is 2.46. The lowest BCUT2D eigenvalue weighted by Gasteiger charge is -2.32. The van der Waals surface area contributed by atoms with E-state index in [9.17, 15) is 18.0 Å². The van der Waals surface area contributed by atoms with E-state index in [0.717, 1.165) is 25.0 Å². The van der Waals surface area contributed by atoms with E-state index in [4.69, 9.17) is 0 Å². The topological polar surface area (TPSA) is 44.4 Å². The van der Waals surface area contributed by atoms with Crippen LogP contribution in [0.3, 0.4) is 0 Å². The number of benzene rings is 1. The van der Waals surface area contributed by atoms with Crippen LogP contribution in [0.5, 0.6) is 0 Å². The van der Waals surface area contributed by atoms with Crippen LogP contribution in [0.1, 0.15) is 18.4 Å². The summed E-state index contributed by atoms with van der Waals surface area (Å²) in [6.07, 6.45) is -2.55. The summed E-state index contributed by atoms with van der Waals surface area (Å²) in [4.78, 5) is 13.7. The van der Waals surface area contributed by atoms with Crippen molar-refractivity contribution in [2.75, 3.05) is 25.5 Å². The van der Waals surface area contributed by atoms with Gasteiger partial charge in [-0.15, -0.1) is 0 Å². The van der Waals surface area contributed by atoms with Gasteiger partial charge >= 0.3 is 12.2 Å². The molecule has 1 aromatic rings. The van der Waals surface area contributed by atoms with Gasteiger partial charge in [-0.2, -0.15) is 13.2 Å². The van der Waals surface area contributed by atoms with Crippen molar-refractivity contribution in [2.45, 2.75) is 25.1 Å². The Bertz CT molecular complexity index is 504. The van der Waals surface area contributed by atoms with E-state index in [1.807, 2.05) is 7.05 Å². The Morgan fingerprint density at radius 1 is 1.38 bits per heavy atom. The maximum absolute atomic E-state index is 12.6. The number of likely N-dealkylation sites (N-methyl/N-ethyl adjacent to an activating group) is 1. The molecular formula is C14H18F3N3O. The van der Waals surface area contributed by atoms with E-state index in [1.165, 1.54) is 12.1 Å². The van der Waals surface area contributed by atoms with Crippen molar-refractivity contribution in [3.05, 3.63) is 29.8 Å². The van der Waals surface area contributed by atoms with Crippen LogP contribution in [0.25, 0.3) is 0 Å². The lowest BCUT2D eigenvalue weighted by atomic mass is 10.1. The Labute approximate surface area is 121 Å². The molecule has 2 amide bonds. The van der Waals surface area contributed by atoms with Gasteiger partial charge in [0, 0.05) is 24.8 Å². The molecule has 2 rings (SSSR count). The Morgan fingerprint density at radius 3 is 2.81 bits per heavy atom. The molecule has 21 heavy (non-hydrogen) atoms. The van der Waals surface area contributed by atoms with Crippen molar-refractivity contribution in [1.29, 1.82) is 0 Å². The number of piperidine rings is 1. The molecule has 1 fully saturated rings. The highest BCUT2D eigenvalue weighted by Gasteiger charge is 2.30. The summed E-state index contributed by atoms with van der Waals surface area (Å²) in [7, 11) is 1.83. The van der Waals surface area contributed by atoms with Crippen LogP contribution in [0.15, 0.2) is 24.3 Å². The van der Waals surface area contributed by atoms with Crippen molar-refractivity contribution >= 4 is 11.7 Å². The van der Waals surface area contributed by atoms with E-state index in [1.54, 1.807) is 4.90 Å². The van der Waals surface area contributed by atoms with E-state index >= 15 is 0 Å². The minimum Gasteiger partial charge on any atom is -0.323 e. The molecule has 1 aromatic carbocycles. The second-order valence-electron chi connectivity index (χ2n) is 5.08. The molecule has 0 aliphatic carbocycles. The fourth-order valence-electron chi connectivity index (χ4n) is 2.37. The molecule has 2 N–H and O–H groups in total. The maximum atomic E-state index is 12.6. The summed E-state index contributed by atoms with van der Waals surface area (Å²) in [5.74, 6) is 0. The Hall–Kier alpha value is -1.76. The first-order chi connectivity index (χ1) is 9.90. The van der Waals surface area contributed by atoms with Gasteiger partial charge in [0.1, 0.15) is 0 Å². The Morgan fingerprint density at radius 2 is 2.14 bits per heavy atom. The number of hydrogen-bond donors (Lipinski definition) is 2. The summed E-state index contributed by atoms with van der Waals surface area (Å²) in [6.45, 7) is 1.17. The number of nitrogens with one attached hydrogen (secondary N) is 2. The quantitative estimate of drug-likeness (QED) is 0.882. The largest absolute Gasteiger partial charge is 0.416 e. The van der Waals surface area contributed by atoms with Crippen LogP contribution in [0.2, 0.25) is 0 Å². The van der Waals surface area contributed by atoms with Gasteiger partial charge in [-0.3, -0.25) is 0 Å². The molecule has 0 bridgehead atoms. The van der Waals surface area contributed by atoms with Gasteiger partial charge in [0.15, 0.2) is 0 Å². The lowest BCUT2D eigenvalue weighted by Crippen LogP contribution is -2.48. The van der Waals surface area contributed by atoms with Gasteiger partial charge < -0.3 is 15.5 Å². The zero-order valence-corrected chi connectivity index (χ0v) is 11.7. The van der Waals surface area contributed by atoms with Gasteiger partial charge in [0.2, 0.25) is 0 Å². The number of alkyl halides is 3. The minimum atomic E-state index is -4.41. The van der Waals surface area contributed by atoms with Crippen molar-refractivity contribution in [3.63, 3.8) is 0 Å². The second-order valence-corrected chi connectivity index (χ2v) is 5.08. The van der Waals surface area contributed by atoms with Crippen molar-refractivity contribution in [3.8, 4) is 0 Å². The number of amides is 2. The highest BCUT2D eigenvalue weighted by atomic mass is 19.4. The zero-order chi connectivity index (χ0) is 15.5. The molecule has 4 nitrogen and oxygen atoms in total. The van der Waals surface area contributed by atoms with Crippen LogP contribution < -0.4 is 10.6 Å². The highest BCUT2D eigenvalue weighted by Crippen LogP contribution is 2.30. The molecule has 1 heterocycles. The van der Waals surface area contributed by atoms with Gasteiger partial charge in [0.05, 0.1) is 5.56 Å². The number of halogens is 3. The number of likely N-dealkylation sites (tertiary alicyclic amines) is 1. The number of nitrogens with zero attached hydrogens (tertiary/aromatic N) is 1. The molecule has 0 saturated carbocycles. The van der Waals surface area contributed by atoms with Crippen LogP contribution in [-0.4, -0.2) is 37.1 Å². The smallest absolute Gasteiger partial charge is 0.323 e. The van der Waals surface area contributed by atoms with E-state index in [2.05, 4.69) is 10.6 Å². The third-order valence-corrected chi connectivity index (χ3v) is 3.56. The number of hydrogen-bond acceptors (Lipinski definition) is 2. The highest BCUT2D eigenvalue weighted by molar-refractivity contribution is 5.89. The fraction of sp³-hybridized carbons (Fsp3) is 0.500. The Kier molecular flexibility index (Phi) is 4.72. The summed E-state index contributed by atoms with van der Waals surface area (Å²) >= 11 is 0. The minimum absolute atomic E-state index is 0.154. The Balaban J connectivity index is 2.02. The fourth-order valence-corrected chi connectivity index (χ4v) is 2.37. The third-order valence-electron chi connectivity index (χ3n) is 3.56. The van der Waals surface area contributed by atoms with E-state index < -0.39 is 11.7 Å². The van der Waals surface area contributed by atoms with E-state index in [0.29, 0.717) is 13.1 Å². The molecule has 0 aromatic heterocycles. The number of urea groups is 1. The number of anilines is 1. The third kappa shape index (κ3) is 4.10. The molecule has 0 spiro atoms. The molecule has 1 unspecified atom stereocenters. The van der Waals surface area contributed by atoms with Crippen molar-refractivity contribution in [1.82, 2.24) is 10.2 Å². The van der Waals surface area contributed by atoms with Crippen molar-refractivity contribution in [2.24, 2.45) is 0 Å². The monoisotopic (exact) mass is 301 g/mol. The molecule has 1 atom stereocenters. The molecule has 1 aliphatic rings. The first kappa shape index (κ1) is 15.6. The SMILES string of the molecule is CNC1CCCN(C(=O)Nc2cccc(C(F)(F)F)c2)C1. The molecular weight excluding hydrogens is 283 g/mol. The standard InChI is InChI=1S/C14H18F3N3O/c1-18-12-6-3-7-20(9-12)13(21)19-11-5-2-4-10(8-11)14(15,16)17/h2,4-5,8,12,18H,3,6-7,9H2,1H3,(H,19,21). The summed E-state index contributed by atoms with van der Waals surface area (Å²) in [5.41, 5.74) is -0.617. The van der Waals surface area contributed by atoms with E-state index in [-0.39, 0.29) is 17.8 Å². The normalized spacial score (nSPS) is 19.4. The van der Waals surface area contributed by atoms with Crippen LogP contribution >= 0.6 is 0 Å². The van der Waals surface area contributed by atoms with Crippen molar-refractivity contribution < 1.29 is 18.0 Å².